The number of ether oxygens (including phenoxy) is 2. The average Bonchev–Trinajstić information content (AvgIpc) is 2.47. The predicted octanol–water partition coefficient (Wildman–Crippen LogP) is 2.87. The minimum atomic E-state index is -1.08. The molecule has 6 heteroatoms. The SMILES string of the molecule is Nc1cc(Br)ccc1S(=O)C1CCOC2(CCOCC2)C1. The first kappa shape index (κ1) is 15.5. The number of anilines is 1. The summed E-state index contributed by atoms with van der Waals surface area (Å²) in [6.07, 6.45) is 3.45. The summed E-state index contributed by atoms with van der Waals surface area (Å²) in [5.74, 6) is 0. The van der Waals surface area contributed by atoms with E-state index in [0.29, 0.717) is 12.3 Å². The maximum atomic E-state index is 12.9. The third-order valence-corrected chi connectivity index (χ3v) is 6.65. The van der Waals surface area contributed by atoms with E-state index < -0.39 is 10.8 Å². The molecule has 2 N–H and O–H groups in total. The fourth-order valence-electron chi connectivity index (χ4n) is 3.14. The molecule has 0 bridgehead atoms. The molecule has 0 saturated carbocycles. The summed E-state index contributed by atoms with van der Waals surface area (Å²) in [5.41, 5.74) is 6.48. The molecule has 1 aromatic rings. The van der Waals surface area contributed by atoms with Crippen LogP contribution in [0.2, 0.25) is 0 Å². The number of benzene rings is 1. The van der Waals surface area contributed by atoms with Crippen LogP contribution in [-0.4, -0.2) is 34.9 Å². The molecule has 1 aromatic carbocycles. The predicted molar refractivity (Wildman–Crippen MR) is 86.7 cm³/mol. The molecule has 0 radical (unpaired) electrons. The Morgan fingerprint density at radius 3 is 2.76 bits per heavy atom. The lowest BCUT2D eigenvalue weighted by molar-refractivity contribution is -0.131. The topological polar surface area (TPSA) is 61.6 Å². The minimum absolute atomic E-state index is 0.111. The molecule has 0 aliphatic carbocycles. The van der Waals surface area contributed by atoms with E-state index in [1.807, 2.05) is 18.2 Å². The van der Waals surface area contributed by atoms with Crippen LogP contribution in [0.1, 0.15) is 25.7 Å². The maximum Gasteiger partial charge on any atom is 0.0738 e. The van der Waals surface area contributed by atoms with Gasteiger partial charge in [-0.15, -0.1) is 0 Å². The molecule has 3 rings (SSSR count). The Balaban J connectivity index is 1.77. The smallest absolute Gasteiger partial charge is 0.0738 e. The summed E-state index contributed by atoms with van der Waals surface area (Å²) in [7, 11) is -1.08. The number of halogens is 1. The zero-order chi connectivity index (χ0) is 14.9. The number of rotatable bonds is 2. The molecule has 2 aliphatic heterocycles. The van der Waals surface area contributed by atoms with Gasteiger partial charge in [0.2, 0.25) is 0 Å². The molecule has 4 nitrogen and oxygen atoms in total. The first-order valence-corrected chi connectivity index (χ1v) is 9.28. The van der Waals surface area contributed by atoms with Gasteiger partial charge in [0, 0.05) is 35.2 Å². The molecule has 1 spiro atoms. The highest BCUT2D eigenvalue weighted by Crippen LogP contribution is 2.38. The van der Waals surface area contributed by atoms with E-state index in [-0.39, 0.29) is 10.9 Å². The Morgan fingerprint density at radius 2 is 2.05 bits per heavy atom. The van der Waals surface area contributed by atoms with Crippen LogP contribution in [0.3, 0.4) is 0 Å². The van der Waals surface area contributed by atoms with Crippen LogP contribution < -0.4 is 5.73 Å². The van der Waals surface area contributed by atoms with Gasteiger partial charge < -0.3 is 15.2 Å². The largest absolute Gasteiger partial charge is 0.398 e. The van der Waals surface area contributed by atoms with Gasteiger partial charge in [-0.2, -0.15) is 0 Å². The van der Waals surface area contributed by atoms with Gasteiger partial charge in [0.25, 0.3) is 0 Å². The van der Waals surface area contributed by atoms with E-state index in [1.165, 1.54) is 0 Å². The van der Waals surface area contributed by atoms with E-state index >= 15 is 0 Å². The molecule has 0 amide bonds. The van der Waals surface area contributed by atoms with Crippen molar-refractivity contribution < 1.29 is 13.7 Å². The number of hydrogen-bond acceptors (Lipinski definition) is 4. The van der Waals surface area contributed by atoms with Gasteiger partial charge in [-0.25, -0.2) is 0 Å². The van der Waals surface area contributed by atoms with Crippen molar-refractivity contribution >= 4 is 32.4 Å². The molecule has 2 atom stereocenters. The van der Waals surface area contributed by atoms with Crippen LogP contribution in [0.4, 0.5) is 5.69 Å². The van der Waals surface area contributed by atoms with Gasteiger partial charge in [0.15, 0.2) is 0 Å². The van der Waals surface area contributed by atoms with Gasteiger partial charge in [0.05, 0.1) is 21.3 Å². The van der Waals surface area contributed by atoms with Crippen LogP contribution >= 0.6 is 15.9 Å². The molecule has 0 aromatic heterocycles. The Kier molecular flexibility index (Phi) is 4.69. The monoisotopic (exact) mass is 373 g/mol. The second kappa shape index (κ2) is 6.36. The first-order valence-electron chi connectivity index (χ1n) is 7.27. The lowest BCUT2D eigenvalue weighted by Crippen LogP contribution is -2.47. The lowest BCUT2D eigenvalue weighted by Gasteiger charge is -2.43. The highest BCUT2D eigenvalue weighted by molar-refractivity contribution is 9.10. The van der Waals surface area contributed by atoms with Crippen molar-refractivity contribution in [1.82, 2.24) is 0 Å². The summed E-state index contributed by atoms with van der Waals surface area (Å²) in [4.78, 5) is 0.743. The van der Waals surface area contributed by atoms with E-state index in [9.17, 15) is 4.21 Å². The van der Waals surface area contributed by atoms with Gasteiger partial charge in [-0.3, -0.25) is 4.21 Å². The zero-order valence-electron chi connectivity index (χ0n) is 11.8. The summed E-state index contributed by atoms with van der Waals surface area (Å²) < 4.78 is 25.2. The summed E-state index contributed by atoms with van der Waals surface area (Å²) in [6.45, 7) is 2.15. The molecule has 2 fully saturated rings. The normalized spacial score (nSPS) is 26.6. The quantitative estimate of drug-likeness (QED) is 0.809. The van der Waals surface area contributed by atoms with Crippen LogP contribution in [0.15, 0.2) is 27.6 Å². The zero-order valence-corrected chi connectivity index (χ0v) is 14.2. The van der Waals surface area contributed by atoms with Crippen LogP contribution in [0.5, 0.6) is 0 Å². The summed E-state index contributed by atoms with van der Waals surface area (Å²) >= 11 is 3.39. The van der Waals surface area contributed by atoms with Gasteiger partial charge in [-0.1, -0.05) is 15.9 Å². The van der Waals surface area contributed by atoms with E-state index in [0.717, 1.165) is 48.3 Å². The number of nitrogens with two attached hydrogens (primary N) is 1. The molecule has 2 unspecified atom stereocenters. The minimum Gasteiger partial charge on any atom is -0.398 e. The standard InChI is InChI=1S/C15H20BrNO3S/c16-11-1-2-14(13(17)9-11)21(18)12-3-6-20-15(10-12)4-7-19-8-5-15/h1-2,9,12H,3-8,10,17H2. The Bertz CT molecular complexity index is 540. The maximum absolute atomic E-state index is 12.9. The average molecular weight is 374 g/mol. The van der Waals surface area contributed by atoms with E-state index in [1.54, 1.807) is 0 Å². The van der Waals surface area contributed by atoms with Crippen molar-refractivity contribution in [3.8, 4) is 0 Å². The van der Waals surface area contributed by atoms with Crippen LogP contribution in [0, 0.1) is 0 Å². The fraction of sp³-hybridized carbons (Fsp3) is 0.600. The molecule has 21 heavy (non-hydrogen) atoms. The fourth-order valence-corrected chi connectivity index (χ4v) is 5.14. The van der Waals surface area contributed by atoms with Gasteiger partial charge in [-0.05, 0) is 43.9 Å². The third-order valence-electron chi connectivity index (χ3n) is 4.34. The van der Waals surface area contributed by atoms with Gasteiger partial charge in [0.1, 0.15) is 0 Å². The highest BCUT2D eigenvalue weighted by Gasteiger charge is 2.41. The highest BCUT2D eigenvalue weighted by atomic mass is 79.9. The summed E-state index contributed by atoms with van der Waals surface area (Å²) in [5, 5.41) is 0.111. The second-order valence-corrected chi connectivity index (χ2v) is 8.36. The third kappa shape index (κ3) is 3.33. The molecule has 2 aliphatic rings. The molecular formula is C15H20BrNO3S. The van der Waals surface area contributed by atoms with Crippen molar-refractivity contribution in [3.05, 3.63) is 22.7 Å². The number of nitrogen functional groups attached to an aromatic ring is 1. The Morgan fingerprint density at radius 1 is 1.29 bits per heavy atom. The van der Waals surface area contributed by atoms with Crippen molar-refractivity contribution in [3.63, 3.8) is 0 Å². The Hall–Kier alpha value is -0.430. The van der Waals surface area contributed by atoms with Crippen molar-refractivity contribution in [2.24, 2.45) is 0 Å². The van der Waals surface area contributed by atoms with Crippen molar-refractivity contribution in [2.45, 2.75) is 41.4 Å². The molecular weight excluding hydrogens is 354 g/mol. The van der Waals surface area contributed by atoms with E-state index in [2.05, 4.69) is 15.9 Å². The lowest BCUT2D eigenvalue weighted by atomic mass is 9.86. The van der Waals surface area contributed by atoms with Crippen LogP contribution in [0.25, 0.3) is 0 Å². The van der Waals surface area contributed by atoms with Crippen LogP contribution in [-0.2, 0) is 20.3 Å². The van der Waals surface area contributed by atoms with Crippen molar-refractivity contribution in [2.75, 3.05) is 25.6 Å². The summed E-state index contributed by atoms with van der Waals surface area (Å²) in [6, 6.07) is 5.57. The Labute approximate surface area is 136 Å². The first-order chi connectivity index (χ1) is 10.1. The van der Waals surface area contributed by atoms with E-state index in [4.69, 9.17) is 15.2 Å². The molecule has 116 valence electrons. The second-order valence-electron chi connectivity index (χ2n) is 5.74. The van der Waals surface area contributed by atoms with Crippen molar-refractivity contribution in [1.29, 1.82) is 0 Å². The number of hydrogen-bond donors (Lipinski definition) is 1. The molecule has 2 saturated heterocycles. The van der Waals surface area contributed by atoms with Gasteiger partial charge >= 0.3 is 0 Å². The molecule has 2 heterocycles.